The van der Waals surface area contributed by atoms with E-state index in [-0.39, 0.29) is 5.91 Å². The standard InChI is InChI=1S/C22H29N3O/c1-3-19-9-7-8-18(2)22(19)23-13-12-21(26)25-16-14-24(15-17-25)20-10-5-4-6-11-20/h4-11,23H,3,12-17H2,1-2H3. The number of nitrogens with one attached hydrogen (secondary N) is 1. The lowest BCUT2D eigenvalue weighted by atomic mass is 10.1. The Balaban J connectivity index is 1.47. The van der Waals surface area contributed by atoms with E-state index in [4.69, 9.17) is 0 Å². The number of nitrogens with zero attached hydrogens (tertiary/aromatic N) is 2. The first kappa shape index (κ1) is 18.3. The van der Waals surface area contributed by atoms with Crippen LogP contribution in [0.15, 0.2) is 48.5 Å². The second-order valence-corrected chi connectivity index (χ2v) is 6.84. The number of piperazine rings is 1. The molecule has 1 aliphatic rings. The van der Waals surface area contributed by atoms with Gasteiger partial charge in [-0.3, -0.25) is 4.79 Å². The van der Waals surface area contributed by atoms with Crippen LogP contribution in [-0.4, -0.2) is 43.5 Å². The summed E-state index contributed by atoms with van der Waals surface area (Å²) >= 11 is 0. The van der Waals surface area contributed by atoms with Gasteiger partial charge in [0, 0.05) is 50.5 Å². The summed E-state index contributed by atoms with van der Waals surface area (Å²) in [4.78, 5) is 16.9. The van der Waals surface area contributed by atoms with Gasteiger partial charge in [0.15, 0.2) is 0 Å². The SMILES string of the molecule is CCc1cccc(C)c1NCCC(=O)N1CCN(c2ccccc2)CC1. The van der Waals surface area contributed by atoms with E-state index < -0.39 is 0 Å². The van der Waals surface area contributed by atoms with Crippen LogP contribution in [0, 0.1) is 6.92 Å². The Labute approximate surface area is 156 Å². The number of rotatable bonds is 6. The molecule has 2 aromatic rings. The van der Waals surface area contributed by atoms with Crippen molar-refractivity contribution >= 4 is 17.3 Å². The number of carbonyl (C=O) groups excluding carboxylic acids is 1. The van der Waals surface area contributed by atoms with Crippen LogP contribution >= 0.6 is 0 Å². The Morgan fingerprint density at radius 2 is 1.73 bits per heavy atom. The van der Waals surface area contributed by atoms with Crippen molar-refractivity contribution in [3.63, 3.8) is 0 Å². The molecule has 0 spiro atoms. The highest BCUT2D eigenvalue weighted by Gasteiger charge is 2.20. The average Bonchev–Trinajstić information content (AvgIpc) is 2.69. The molecule has 138 valence electrons. The van der Waals surface area contributed by atoms with Crippen LogP contribution in [-0.2, 0) is 11.2 Å². The third-order valence-corrected chi connectivity index (χ3v) is 5.13. The molecule has 0 radical (unpaired) electrons. The van der Waals surface area contributed by atoms with E-state index >= 15 is 0 Å². The first-order valence-corrected chi connectivity index (χ1v) is 9.59. The van der Waals surface area contributed by atoms with Crippen LogP contribution < -0.4 is 10.2 Å². The van der Waals surface area contributed by atoms with Gasteiger partial charge < -0.3 is 15.1 Å². The van der Waals surface area contributed by atoms with Gasteiger partial charge in [0.05, 0.1) is 0 Å². The molecule has 0 atom stereocenters. The van der Waals surface area contributed by atoms with Crippen LogP contribution in [0.3, 0.4) is 0 Å². The summed E-state index contributed by atoms with van der Waals surface area (Å²) in [6.45, 7) is 8.39. The van der Waals surface area contributed by atoms with Crippen molar-refractivity contribution in [2.45, 2.75) is 26.7 Å². The minimum atomic E-state index is 0.247. The average molecular weight is 351 g/mol. The zero-order valence-electron chi connectivity index (χ0n) is 15.9. The minimum absolute atomic E-state index is 0.247. The van der Waals surface area contributed by atoms with Crippen molar-refractivity contribution in [3.05, 3.63) is 59.7 Å². The molecule has 1 aliphatic heterocycles. The zero-order valence-corrected chi connectivity index (χ0v) is 15.9. The first-order valence-electron chi connectivity index (χ1n) is 9.59. The smallest absolute Gasteiger partial charge is 0.224 e. The maximum Gasteiger partial charge on any atom is 0.224 e. The molecular formula is C22H29N3O. The molecule has 0 aromatic heterocycles. The van der Waals surface area contributed by atoms with Gasteiger partial charge in [-0.15, -0.1) is 0 Å². The molecule has 0 unspecified atom stereocenters. The third kappa shape index (κ3) is 4.37. The highest BCUT2D eigenvalue weighted by atomic mass is 16.2. The van der Waals surface area contributed by atoms with E-state index in [0.29, 0.717) is 13.0 Å². The van der Waals surface area contributed by atoms with E-state index in [0.717, 1.165) is 32.6 Å². The van der Waals surface area contributed by atoms with Crippen LogP contribution in [0.4, 0.5) is 11.4 Å². The highest BCUT2D eigenvalue weighted by molar-refractivity contribution is 5.77. The van der Waals surface area contributed by atoms with Gasteiger partial charge >= 0.3 is 0 Å². The fraction of sp³-hybridized carbons (Fsp3) is 0.409. The number of amides is 1. The number of aryl methyl sites for hydroxylation is 2. The monoisotopic (exact) mass is 351 g/mol. The molecule has 1 fully saturated rings. The van der Waals surface area contributed by atoms with E-state index in [1.165, 1.54) is 22.5 Å². The van der Waals surface area contributed by atoms with Crippen molar-refractivity contribution in [2.75, 3.05) is 42.9 Å². The quantitative estimate of drug-likeness (QED) is 0.862. The minimum Gasteiger partial charge on any atom is -0.384 e. The maximum atomic E-state index is 12.5. The Bertz CT molecular complexity index is 721. The molecule has 1 amide bonds. The summed E-state index contributed by atoms with van der Waals surface area (Å²) < 4.78 is 0. The van der Waals surface area contributed by atoms with Gasteiger partial charge in [0.25, 0.3) is 0 Å². The summed E-state index contributed by atoms with van der Waals surface area (Å²) in [6, 6.07) is 16.8. The van der Waals surface area contributed by atoms with Gasteiger partial charge in [0.1, 0.15) is 0 Å². The molecule has 0 aliphatic carbocycles. The normalized spacial score (nSPS) is 14.4. The van der Waals surface area contributed by atoms with E-state index in [2.05, 4.69) is 66.5 Å². The van der Waals surface area contributed by atoms with Crippen LogP contribution in [0.1, 0.15) is 24.5 Å². The van der Waals surface area contributed by atoms with Gasteiger partial charge in [-0.05, 0) is 36.6 Å². The zero-order chi connectivity index (χ0) is 18.4. The summed E-state index contributed by atoms with van der Waals surface area (Å²) in [5, 5.41) is 3.48. The third-order valence-electron chi connectivity index (χ3n) is 5.13. The lowest BCUT2D eigenvalue weighted by Gasteiger charge is -2.36. The van der Waals surface area contributed by atoms with Gasteiger partial charge in [-0.25, -0.2) is 0 Å². The fourth-order valence-electron chi connectivity index (χ4n) is 3.58. The Hall–Kier alpha value is -2.49. The molecule has 1 heterocycles. The number of benzene rings is 2. The molecule has 1 N–H and O–H groups in total. The van der Waals surface area contributed by atoms with Crippen molar-refractivity contribution < 1.29 is 4.79 Å². The lowest BCUT2D eigenvalue weighted by molar-refractivity contribution is -0.131. The summed E-state index contributed by atoms with van der Waals surface area (Å²) in [5.41, 5.74) is 4.99. The van der Waals surface area contributed by atoms with E-state index in [1.807, 2.05) is 11.0 Å². The molecule has 4 nitrogen and oxygen atoms in total. The van der Waals surface area contributed by atoms with Gasteiger partial charge in [-0.2, -0.15) is 0 Å². The molecule has 1 saturated heterocycles. The Morgan fingerprint density at radius 3 is 2.42 bits per heavy atom. The summed E-state index contributed by atoms with van der Waals surface area (Å²) in [6.07, 6.45) is 1.54. The number of hydrogen-bond donors (Lipinski definition) is 1. The second-order valence-electron chi connectivity index (χ2n) is 6.84. The van der Waals surface area contributed by atoms with Gasteiger partial charge in [-0.1, -0.05) is 43.3 Å². The Kier molecular flexibility index (Phi) is 6.16. The van der Waals surface area contributed by atoms with Crippen molar-refractivity contribution in [1.29, 1.82) is 0 Å². The van der Waals surface area contributed by atoms with Crippen molar-refractivity contribution in [2.24, 2.45) is 0 Å². The van der Waals surface area contributed by atoms with Crippen LogP contribution in [0.2, 0.25) is 0 Å². The van der Waals surface area contributed by atoms with Crippen LogP contribution in [0.5, 0.6) is 0 Å². The lowest BCUT2D eigenvalue weighted by Crippen LogP contribution is -2.49. The van der Waals surface area contributed by atoms with Crippen molar-refractivity contribution in [1.82, 2.24) is 4.90 Å². The number of carbonyl (C=O) groups is 1. The topological polar surface area (TPSA) is 35.6 Å². The van der Waals surface area contributed by atoms with E-state index in [9.17, 15) is 4.79 Å². The molecule has 0 bridgehead atoms. The molecule has 2 aromatic carbocycles. The maximum absolute atomic E-state index is 12.5. The molecule has 4 heteroatoms. The number of para-hydroxylation sites is 2. The molecule has 3 rings (SSSR count). The predicted molar refractivity (Wildman–Crippen MR) is 109 cm³/mol. The summed E-state index contributed by atoms with van der Waals surface area (Å²) in [5.74, 6) is 0.247. The highest BCUT2D eigenvalue weighted by Crippen LogP contribution is 2.21. The van der Waals surface area contributed by atoms with Crippen molar-refractivity contribution in [3.8, 4) is 0 Å². The number of hydrogen-bond acceptors (Lipinski definition) is 3. The van der Waals surface area contributed by atoms with E-state index in [1.54, 1.807) is 0 Å². The predicted octanol–water partition coefficient (Wildman–Crippen LogP) is 3.71. The molecule has 0 saturated carbocycles. The molecule has 26 heavy (non-hydrogen) atoms. The largest absolute Gasteiger partial charge is 0.384 e. The number of anilines is 2. The second kappa shape index (κ2) is 8.75. The first-order chi connectivity index (χ1) is 12.7. The Morgan fingerprint density at radius 1 is 1.00 bits per heavy atom. The van der Waals surface area contributed by atoms with Gasteiger partial charge in [0.2, 0.25) is 5.91 Å². The summed E-state index contributed by atoms with van der Waals surface area (Å²) in [7, 11) is 0. The fourth-order valence-corrected chi connectivity index (χ4v) is 3.58. The van der Waals surface area contributed by atoms with Crippen LogP contribution in [0.25, 0.3) is 0 Å². The molecular weight excluding hydrogens is 322 g/mol.